The van der Waals surface area contributed by atoms with Crippen LogP contribution in [0.15, 0.2) is 12.1 Å². The molecule has 1 aromatic carbocycles. The lowest BCUT2D eigenvalue weighted by Gasteiger charge is -2.27. The number of ether oxygens (including phenoxy) is 1. The van der Waals surface area contributed by atoms with Crippen LogP contribution in [0.3, 0.4) is 0 Å². The molecule has 0 radical (unpaired) electrons. The molecule has 0 heterocycles. The third-order valence-electron chi connectivity index (χ3n) is 3.78. The SMILES string of the molecule is CCc1cc(CC(=O)O)cc(C(C)(C)CC)c1OC. The molecule has 0 unspecified atom stereocenters. The van der Waals surface area contributed by atoms with Crippen molar-refractivity contribution in [3.8, 4) is 5.75 Å². The summed E-state index contributed by atoms with van der Waals surface area (Å²) in [6.45, 7) is 8.52. The van der Waals surface area contributed by atoms with Crippen LogP contribution in [-0.4, -0.2) is 18.2 Å². The zero-order chi connectivity index (χ0) is 14.6. The highest BCUT2D eigenvalue weighted by Gasteiger charge is 2.25. The number of aryl methyl sites for hydroxylation is 1. The Labute approximate surface area is 115 Å². The molecule has 0 bridgehead atoms. The lowest BCUT2D eigenvalue weighted by atomic mass is 9.79. The van der Waals surface area contributed by atoms with Gasteiger partial charge in [0.15, 0.2) is 0 Å². The molecular weight excluding hydrogens is 240 g/mol. The molecule has 106 valence electrons. The second-order valence-corrected chi connectivity index (χ2v) is 5.50. The van der Waals surface area contributed by atoms with E-state index in [1.54, 1.807) is 7.11 Å². The maximum absolute atomic E-state index is 10.9. The normalized spacial score (nSPS) is 11.4. The number of carbonyl (C=O) groups is 1. The van der Waals surface area contributed by atoms with Gasteiger partial charge in [0.2, 0.25) is 0 Å². The van der Waals surface area contributed by atoms with Crippen LogP contribution in [0.5, 0.6) is 5.75 Å². The fraction of sp³-hybridized carbons (Fsp3) is 0.562. The van der Waals surface area contributed by atoms with Crippen LogP contribution in [0.1, 0.15) is 50.8 Å². The van der Waals surface area contributed by atoms with Crippen LogP contribution in [0.4, 0.5) is 0 Å². The topological polar surface area (TPSA) is 46.5 Å². The van der Waals surface area contributed by atoms with E-state index in [1.807, 2.05) is 12.1 Å². The summed E-state index contributed by atoms with van der Waals surface area (Å²) in [6.07, 6.45) is 1.87. The van der Waals surface area contributed by atoms with Gasteiger partial charge in [0.1, 0.15) is 5.75 Å². The first kappa shape index (κ1) is 15.5. The number of carboxylic acid groups (broad SMARTS) is 1. The molecule has 0 aliphatic carbocycles. The fourth-order valence-corrected chi connectivity index (χ4v) is 2.23. The van der Waals surface area contributed by atoms with E-state index < -0.39 is 5.97 Å². The molecule has 0 saturated carbocycles. The Morgan fingerprint density at radius 3 is 2.37 bits per heavy atom. The Bertz CT molecular complexity index is 461. The Hall–Kier alpha value is -1.51. The number of carboxylic acids is 1. The van der Waals surface area contributed by atoms with Crippen molar-refractivity contribution >= 4 is 5.97 Å². The summed E-state index contributed by atoms with van der Waals surface area (Å²) < 4.78 is 5.57. The molecule has 0 fully saturated rings. The van der Waals surface area contributed by atoms with Gasteiger partial charge in [0, 0.05) is 5.56 Å². The number of methoxy groups -OCH3 is 1. The van der Waals surface area contributed by atoms with Gasteiger partial charge in [0.05, 0.1) is 13.5 Å². The zero-order valence-electron chi connectivity index (χ0n) is 12.5. The highest BCUT2D eigenvalue weighted by Crippen LogP contribution is 2.37. The Morgan fingerprint density at radius 1 is 1.32 bits per heavy atom. The molecule has 1 aromatic rings. The zero-order valence-corrected chi connectivity index (χ0v) is 12.5. The van der Waals surface area contributed by atoms with Gasteiger partial charge in [-0.1, -0.05) is 39.8 Å². The molecule has 3 nitrogen and oxygen atoms in total. The first-order valence-corrected chi connectivity index (χ1v) is 6.77. The molecular formula is C16H24O3. The van der Waals surface area contributed by atoms with Gasteiger partial charge in [0.25, 0.3) is 0 Å². The van der Waals surface area contributed by atoms with E-state index in [0.717, 1.165) is 35.3 Å². The highest BCUT2D eigenvalue weighted by molar-refractivity contribution is 5.70. The standard InChI is InChI=1S/C16H24O3/c1-6-12-8-11(10-14(17)18)9-13(15(12)19-5)16(3,4)7-2/h8-9H,6-7,10H2,1-5H3,(H,17,18). The lowest BCUT2D eigenvalue weighted by molar-refractivity contribution is -0.136. The highest BCUT2D eigenvalue weighted by atomic mass is 16.5. The van der Waals surface area contributed by atoms with E-state index in [9.17, 15) is 4.79 Å². The minimum atomic E-state index is -0.799. The Kier molecular flexibility index (Phi) is 4.98. The van der Waals surface area contributed by atoms with Gasteiger partial charge >= 0.3 is 5.97 Å². The third kappa shape index (κ3) is 3.49. The average molecular weight is 264 g/mol. The Morgan fingerprint density at radius 2 is 1.95 bits per heavy atom. The fourth-order valence-electron chi connectivity index (χ4n) is 2.23. The van der Waals surface area contributed by atoms with E-state index in [4.69, 9.17) is 9.84 Å². The van der Waals surface area contributed by atoms with Gasteiger partial charge < -0.3 is 9.84 Å². The predicted octanol–water partition coefficient (Wildman–Crippen LogP) is 3.57. The second-order valence-electron chi connectivity index (χ2n) is 5.50. The summed E-state index contributed by atoms with van der Waals surface area (Å²) in [6, 6.07) is 3.93. The van der Waals surface area contributed by atoms with Crippen molar-refractivity contribution in [2.45, 2.75) is 52.4 Å². The lowest BCUT2D eigenvalue weighted by Crippen LogP contribution is -2.18. The molecule has 19 heavy (non-hydrogen) atoms. The largest absolute Gasteiger partial charge is 0.496 e. The summed E-state index contributed by atoms with van der Waals surface area (Å²) in [4.78, 5) is 10.9. The first-order valence-electron chi connectivity index (χ1n) is 6.77. The molecule has 1 rings (SSSR count). The van der Waals surface area contributed by atoms with Crippen LogP contribution in [0.25, 0.3) is 0 Å². The van der Waals surface area contributed by atoms with E-state index in [0.29, 0.717) is 0 Å². The van der Waals surface area contributed by atoms with Crippen molar-refractivity contribution in [2.24, 2.45) is 0 Å². The number of hydrogen-bond donors (Lipinski definition) is 1. The van der Waals surface area contributed by atoms with Gasteiger partial charge in [-0.2, -0.15) is 0 Å². The molecule has 0 aromatic heterocycles. The molecule has 3 heteroatoms. The summed E-state index contributed by atoms with van der Waals surface area (Å²) in [7, 11) is 1.68. The molecule has 0 amide bonds. The van der Waals surface area contributed by atoms with Crippen LogP contribution < -0.4 is 4.74 Å². The first-order chi connectivity index (χ1) is 8.85. The van der Waals surface area contributed by atoms with Crippen LogP contribution >= 0.6 is 0 Å². The smallest absolute Gasteiger partial charge is 0.307 e. The van der Waals surface area contributed by atoms with Crippen LogP contribution in [-0.2, 0) is 23.1 Å². The molecule has 0 spiro atoms. The summed E-state index contributed by atoms with van der Waals surface area (Å²) in [5.41, 5.74) is 3.01. The van der Waals surface area contributed by atoms with Gasteiger partial charge in [-0.3, -0.25) is 4.79 Å². The minimum absolute atomic E-state index is 0.0240. The molecule has 0 aliphatic heterocycles. The van der Waals surface area contributed by atoms with E-state index in [2.05, 4.69) is 27.7 Å². The van der Waals surface area contributed by atoms with Gasteiger partial charge in [-0.15, -0.1) is 0 Å². The predicted molar refractivity (Wildman–Crippen MR) is 77.0 cm³/mol. The summed E-state index contributed by atoms with van der Waals surface area (Å²) in [5, 5.41) is 8.98. The van der Waals surface area contributed by atoms with E-state index >= 15 is 0 Å². The van der Waals surface area contributed by atoms with Crippen molar-refractivity contribution in [3.63, 3.8) is 0 Å². The summed E-state index contributed by atoms with van der Waals surface area (Å²) in [5.74, 6) is 0.107. The minimum Gasteiger partial charge on any atom is -0.496 e. The maximum Gasteiger partial charge on any atom is 0.307 e. The van der Waals surface area contributed by atoms with Crippen molar-refractivity contribution in [1.82, 2.24) is 0 Å². The second kappa shape index (κ2) is 6.09. The molecule has 0 saturated heterocycles. The monoisotopic (exact) mass is 264 g/mol. The van der Waals surface area contributed by atoms with Crippen molar-refractivity contribution in [2.75, 3.05) is 7.11 Å². The molecule has 1 N–H and O–H groups in total. The maximum atomic E-state index is 10.9. The quantitative estimate of drug-likeness (QED) is 0.854. The number of rotatable bonds is 6. The third-order valence-corrected chi connectivity index (χ3v) is 3.78. The average Bonchev–Trinajstić information content (AvgIpc) is 2.36. The molecule has 0 aliphatic rings. The number of benzene rings is 1. The van der Waals surface area contributed by atoms with Crippen molar-refractivity contribution < 1.29 is 14.6 Å². The van der Waals surface area contributed by atoms with Gasteiger partial charge in [-0.05, 0) is 29.4 Å². The number of hydrogen-bond acceptors (Lipinski definition) is 2. The van der Waals surface area contributed by atoms with Crippen molar-refractivity contribution in [1.29, 1.82) is 0 Å². The van der Waals surface area contributed by atoms with Gasteiger partial charge in [-0.25, -0.2) is 0 Å². The van der Waals surface area contributed by atoms with E-state index in [1.165, 1.54) is 0 Å². The van der Waals surface area contributed by atoms with Crippen molar-refractivity contribution in [3.05, 3.63) is 28.8 Å². The number of aliphatic carboxylic acids is 1. The van der Waals surface area contributed by atoms with Crippen LogP contribution in [0.2, 0.25) is 0 Å². The Balaban J connectivity index is 3.44. The summed E-state index contributed by atoms with van der Waals surface area (Å²) >= 11 is 0. The van der Waals surface area contributed by atoms with Crippen LogP contribution in [0, 0.1) is 0 Å². The van der Waals surface area contributed by atoms with E-state index in [-0.39, 0.29) is 11.8 Å². The molecule has 0 atom stereocenters.